The van der Waals surface area contributed by atoms with Crippen molar-refractivity contribution in [2.24, 2.45) is 0 Å². The van der Waals surface area contributed by atoms with E-state index >= 15 is 0 Å². The molecule has 0 saturated heterocycles. The fraction of sp³-hybridized carbons (Fsp3) is 0.167. The molecule has 0 bridgehead atoms. The number of nitrogens with zero attached hydrogens (tertiary/aromatic N) is 1. The van der Waals surface area contributed by atoms with E-state index in [-0.39, 0.29) is 5.41 Å². The highest BCUT2D eigenvalue weighted by Crippen LogP contribution is 2.22. The molecule has 0 amide bonds. The van der Waals surface area contributed by atoms with Crippen LogP contribution in [-0.4, -0.2) is 20.6 Å². The van der Waals surface area contributed by atoms with Crippen LogP contribution in [0.1, 0.15) is 21.6 Å². The molecule has 0 aliphatic rings. The normalized spacial score (nSPS) is 10.8. The summed E-state index contributed by atoms with van der Waals surface area (Å²) in [5, 5.41) is 1.23. The molecule has 1 aromatic carbocycles. The molecule has 15 heavy (non-hydrogen) atoms. The van der Waals surface area contributed by atoms with Crippen LogP contribution in [0.25, 0.3) is 10.9 Å². The molecule has 0 unspecified atom stereocenters. The highest BCUT2D eigenvalue weighted by Gasteiger charge is 2.11. The average molecular weight is 215 g/mol. The Kier molecular flexibility index (Phi) is 2.40. The second-order valence-corrected chi connectivity index (χ2v) is 4.68. The van der Waals surface area contributed by atoms with Crippen LogP contribution in [0.15, 0.2) is 24.3 Å². The Morgan fingerprint density at radius 3 is 2.60 bits per heavy atom. The molecule has 0 saturated carbocycles. The first-order valence-corrected chi connectivity index (χ1v) is 5.98. The molecule has 2 nitrogen and oxygen atoms in total. The third-order valence-electron chi connectivity index (χ3n) is 2.73. The smallest absolute Gasteiger partial charge is 0.130 e. The molecule has 0 N–H and O–H groups in total. The quantitative estimate of drug-likeness (QED) is 0.672. The van der Waals surface area contributed by atoms with Crippen molar-refractivity contribution in [1.29, 1.82) is 0 Å². The van der Waals surface area contributed by atoms with Gasteiger partial charge >= 0.3 is 0 Å². The Morgan fingerprint density at radius 1 is 1.27 bits per heavy atom. The van der Waals surface area contributed by atoms with Crippen molar-refractivity contribution in [2.75, 3.05) is 0 Å². The highest BCUT2D eigenvalue weighted by molar-refractivity contribution is 6.63. The van der Waals surface area contributed by atoms with Crippen molar-refractivity contribution >= 4 is 26.6 Å². The minimum atomic E-state index is 0.245. The monoisotopic (exact) mass is 215 g/mol. The molecular weight excluding hydrogens is 202 g/mol. The van der Waals surface area contributed by atoms with E-state index in [1.165, 1.54) is 0 Å². The molecule has 0 fully saturated rings. The predicted octanol–water partition coefficient (Wildman–Crippen LogP) is 1.36. The molecule has 0 aliphatic heterocycles. The summed E-state index contributed by atoms with van der Waals surface area (Å²) in [6, 6.07) is 7.83. The zero-order chi connectivity index (χ0) is 11.0. The number of aromatic nitrogens is 1. The summed E-state index contributed by atoms with van der Waals surface area (Å²) < 4.78 is 0. The van der Waals surface area contributed by atoms with Gasteiger partial charge in [0.2, 0.25) is 0 Å². The first-order valence-electron chi connectivity index (χ1n) is 4.98. The Morgan fingerprint density at radius 2 is 1.93 bits per heavy atom. The summed E-state index contributed by atoms with van der Waals surface area (Å²) in [6.45, 7) is 3.93. The van der Waals surface area contributed by atoms with Gasteiger partial charge in [0.15, 0.2) is 0 Å². The number of hydrogen-bond donors (Lipinski definition) is 0. The predicted molar refractivity (Wildman–Crippen MR) is 65.5 cm³/mol. The van der Waals surface area contributed by atoms with Gasteiger partial charge in [0.05, 0.1) is 15.8 Å². The third-order valence-corrected chi connectivity index (χ3v) is 3.23. The number of fused-ring (bicyclic) bond motifs is 1. The van der Waals surface area contributed by atoms with E-state index in [1.807, 2.05) is 38.1 Å². The summed E-state index contributed by atoms with van der Waals surface area (Å²) in [7, 11) is 0.556. The SMILES string of the molecule is Cc1nc2ccccc2c(C(=O)[SiH3])c1C. The third kappa shape index (κ3) is 1.59. The molecule has 1 heterocycles. The second kappa shape index (κ2) is 3.59. The second-order valence-electron chi connectivity index (χ2n) is 3.77. The maximum Gasteiger partial charge on any atom is 0.130 e. The van der Waals surface area contributed by atoms with Gasteiger partial charge in [-0.2, -0.15) is 0 Å². The Balaban J connectivity index is 2.95. The number of hydrogen-bond acceptors (Lipinski definition) is 2. The lowest BCUT2D eigenvalue weighted by Gasteiger charge is -2.09. The number of para-hydroxylation sites is 1. The number of aryl methyl sites for hydroxylation is 1. The fourth-order valence-electron chi connectivity index (χ4n) is 1.88. The number of rotatable bonds is 1. The largest absolute Gasteiger partial charge is 0.301 e. The van der Waals surface area contributed by atoms with Crippen molar-refractivity contribution in [1.82, 2.24) is 4.98 Å². The van der Waals surface area contributed by atoms with Gasteiger partial charge in [-0.1, -0.05) is 18.2 Å². The zero-order valence-electron chi connectivity index (χ0n) is 9.16. The van der Waals surface area contributed by atoms with Crippen molar-refractivity contribution in [3.05, 3.63) is 41.1 Å². The zero-order valence-corrected chi connectivity index (χ0v) is 11.2. The summed E-state index contributed by atoms with van der Waals surface area (Å²) in [5.74, 6) is 0. The fourth-order valence-corrected chi connectivity index (χ4v) is 2.53. The van der Waals surface area contributed by atoms with E-state index < -0.39 is 0 Å². The number of carbonyl (C=O) groups is 1. The summed E-state index contributed by atoms with van der Waals surface area (Å²) in [4.78, 5) is 16.1. The minimum Gasteiger partial charge on any atom is -0.301 e. The van der Waals surface area contributed by atoms with E-state index in [0.717, 1.165) is 27.7 Å². The van der Waals surface area contributed by atoms with Crippen LogP contribution in [0, 0.1) is 13.8 Å². The lowest BCUT2D eigenvalue weighted by molar-refractivity contribution is 0.108. The molecule has 76 valence electrons. The van der Waals surface area contributed by atoms with Crippen LogP contribution >= 0.6 is 0 Å². The van der Waals surface area contributed by atoms with Gasteiger partial charge in [-0.15, -0.1) is 0 Å². The lowest BCUT2D eigenvalue weighted by atomic mass is 10.0. The van der Waals surface area contributed by atoms with E-state index in [9.17, 15) is 4.79 Å². The lowest BCUT2D eigenvalue weighted by Crippen LogP contribution is -2.05. The summed E-state index contributed by atoms with van der Waals surface area (Å²) >= 11 is 0. The molecule has 0 aliphatic carbocycles. The molecule has 2 aromatic rings. The molecule has 3 heteroatoms. The van der Waals surface area contributed by atoms with E-state index in [0.29, 0.717) is 10.2 Å². The van der Waals surface area contributed by atoms with Crippen LogP contribution in [0.5, 0.6) is 0 Å². The van der Waals surface area contributed by atoms with Gasteiger partial charge in [0.25, 0.3) is 0 Å². The van der Waals surface area contributed by atoms with Gasteiger partial charge in [0.1, 0.15) is 5.41 Å². The molecule has 2 rings (SSSR count). The van der Waals surface area contributed by atoms with E-state index in [4.69, 9.17) is 0 Å². The van der Waals surface area contributed by atoms with Crippen molar-refractivity contribution < 1.29 is 4.79 Å². The minimum absolute atomic E-state index is 0.245. The Hall–Kier alpha value is -1.48. The molecule has 0 atom stereocenters. The Bertz CT molecular complexity index is 549. The Labute approximate surface area is 91.8 Å². The van der Waals surface area contributed by atoms with Crippen LogP contribution in [0.4, 0.5) is 0 Å². The maximum absolute atomic E-state index is 11.7. The van der Waals surface area contributed by atoms with E-state index in [1.54, 1.807) is 0 Å². The topological polar surface area (TPSA) is 30.0 Å². The number of carbonyl (C=O) groups excluding carboxylic acids is 1. The summed E-state index contributed by atoms with van der Waals surface area (Å²) in [6.07, 6.45) is 0. The van der Waals surface area contributed by atoms with Gasteiger partial charge in [-0.3, -0.25) is 4.98 Å². The van der Waals surface area contributed by atoms with Crippen LogP contribution in [0.2, 0.25) is 0 Å². The molecular formula is C12H13NOSi. The van der Waals surface area contributed by atoms with Crippen LogP contribution < -0.4 is 0 Å². The summed E-state index contributed by atoms with van der Waals surface area (Å²) in [5.41, 5.74) is 3.76. The first kappa shape index (κ1) is 10.0. The first-order chi connectivity index (χ1) is 7.11. The van der Waals surface area contributed by atoms with Crippen molar-refractivity contribution in [2.45, 2.75) is 13.8 Å². The molecule has 0 spiro atoms. The van der Waals surface area contributed by atoms with E-state index in [2.05, 4.69) is 4.98 Å². The van der Waals surface area contributed by atoms with Gasteiger partial charge in [-0.05, 0) is 25.5 Å². The number of benzene rings is 1. The highest BCUT2D eigenvalue weighted by atomic mass is 28.1. The van der Waals surface area contributed by atoms with Crippen LogP contribution in [0.3, 0.4) is 0 Å². The van der Waals surface area contributed by atoms with Crippen LogP contribution in [-0.2, 0) is 0 Å². The van der Waals surface area contributed by atoms with Crippen molar-refractivity contribution in [3.63, 3.8) is 0 Å². The van der Waals surface area contributed by atoms with Gasteiger partial charge in [0, 0.05) is 16.6 Å². The van der Waals surface area contributed by atoms with Gasteiger partial charge in [-0.25, -0.2) is 0 Å². The average Bonchev–Trinajstić information content (AvgIpc) is 2.19. The van der Waals surface area contributed by atoms with Gasteiger partial charge < -0.3 is 4.79 Å². The molecule has 1 aromatic heterocycles. The van der Waals surface area contributed by atoms with Crippen molar-refractivity contribution in [3.8, 4) is 0 Å². The number of pyridine rings is 1. The maximum atomic E-state index is 11.7. The standard InChI is InChI=1S/C12H13NOSi/c1-7-8(2)13-10-6-4-3-5-9(10)11(7)12(14)15/h3-6H,1-2,15H3. The molecule has 0 radical (unpaired) electrons.